The first kappa shape index (κ1) is 23.5. The Hall–Kier alpha value is -1.20. The molecule has 3 aliphatic rings. The Kier molecular flexibility index (Phi) is 7.44. The van der Waals surface area contributed by atoms with E-state index in [1.165, 1.54) is 11.1 Å². The number of allylic oxidation sites excluding steroid dienone is 4. The number of rotatable bonds is 6. The Labute approximate surface area is 182 Å². The first-order chi connectivity index (χ1) is 14.1. The molecule has 0 amide bonds. The van der Waals surface area contributed by atoms with Crippen LogP contribution in [0.5, 0.6) is 0 Å². The maximum Gasteiger partial charge on any atom is 0.0811 e. The van der Waals surface area contributed by atoms with Crippen LogP contribution >= 0.6 is 0 Å². The van der Waals surface area contributed by atoms with Crippen LogP contribution in [0.15, 0.2) is 47.1 Å². The molecule has 30 heavy (non-hydrogen) atoms. The van der Waals surface area contributed by atoms with E-state index in [0.29, 0.717) is 25.4 Å². The predicted octanol–water partition coefficient (Wildman–Crippen LogP) is 4.47. The second-order valence-electron chi connectivity index (χ2n) is 10.1. The summed E-state index contributed by atoms with van der Waals surface area (Å²) in [6, 6.07) is 0. The van der Waals surface area contributed by atoms with Crippen LogP contribution in [0.1, 0.15) is 66.2 Å². The van der Waals surface area contributed by atoms with Gasteiger partial charge in [-0.25, -0.2) is 0 Å². The fraction of sp³-hybridized carbons (Fsp3) is 0.692. The van der Waals surface area contributed by atoms with Crippen molar-refractivity contribution in [1.29, 1.82) is 0 Å². The summed E-state index contributed by atoms with van der Waals surface area (Å²) in [6.45, 7) is 12.9. The molecule has 0 aromatic rings. The van der Waals surface area contributed by atoms with Crippen molar-refractivity contribution in [3.8, 4) is 0 Å². The number of hydrogen-bond donors (Lipinski definition) is 3. The molecule has 4 nitrogen and oxygen atoms in total. The molecular weight excluding hydrogens is 376 g/mol. The van der Waals surface area contributed by atoms with Gasteiger partial charge >= 0.3 is 0 Å². The van der Waals surface area contributed by atoms with Gasteiger partial charge in [-0.1, -0.05) is 51.2 Å². The standard InChI is InChI=1S/C26H40O4/c1-16(2)25(29)15-30-18(4)22-10-11-23-19(7-6-12-26(22,23)5)8-9-20-13-21(27)14-24(28)17(20)3/h8-10,16,18,21,23-25,27-29H,3,6-7,11-15H2,1-2,4-5H3/b19-8+,20-9-/t18?,21-,23+,24+,25-,26-/m1/s1. The Balaban J connectivity index is 1.73. The van der Waals surface area contributed by atoms with E-state index in [-0.39, 0.29) is 17.4 Å². The highest BCUT2D eigenvalue weighted by Gasteiger charge is 2.46. The van der Waals surface area contributed by atoms with Gasteiger partial charge < -0.3 is 20.1 Å². The van der Waals surface area contributed by atoms with Crippen LogP contribution < -0.4 is 0 Å². The third kappa shape index (κ3) is 4.83. The molecule has 3 rings (SSSR count). The monoisotopic (exact) mass is 416 g/mol. The second-order valence-corrected chi connectivity index (χ2v) is 10.1. The lowest BCUT2D eigenvalue weighted by atomic mass is 9.63. The minimum Gasteiger partial charge on any atom is -0.393 e. The molecule has 4 heteroatoms. The summed E-state index contributed by atoms with van der Waals surface area (Å²) in [7, 11) is 0. The van der Waals surface area contributed by atoms with Crippen molar-refractivity contribution >= 4 is 0 Å². The molecule has 0 aromatic heterocycles. The lowest BCUT2D eigenvalue weighted by Gasteiger charge is -2.42. The zero-order valence-corrected chi connectivity index (χ0v) is 19.1. The number of fused-ring (bicyclic) bond motifs is 1. The molecule has 2 saturated carbocycles. The number of ether oxygens (including phenoxy) is 1. The molecule has 0 bridgehead atoms. The summed E-state index contributed by atoms with van der Waals surface area (Å²) >= 11 is 0. The average molecular weight is 417 g/mol. The molecule has 2 fully saturated rings. The quantitative estimate of drug-likeness (QED) is 0.559. The van der Waals surface area contributed by atoms with Crippen LogP contribution in [0.4, 0.5) is 0 Å². The third-order valence-electron chi connectivity index (χ3n) is 7.60. The van der Waals surface area contributed by atoms with E-state index in [9.17, 15) is 15.3 Å². The van der Waals surface area contributed by atoms with Crippen molar-refractivity contribution in [2.75, 3.05) is 6.61 Å². The Morgan fingerprint density at radius 2 is 2.00 bits per heavy atom. The third-order valence-corrected chi connectivity index (χ3v) is 7.60. The predicted molar refractivity (Wildman–Crippen MR) is 121 cm³/mol. The van der Waals surface area contributed by atoms with Gasteiger partial charge in [0.15, 0.2) is 0 Å². The van der Waals surface area contributed by atoms with Crippen LogP contribution in [0.3, 0.4) is 0 Å². The summed E-state index contributed by atoms with van der Waals surface area (Å²) in [5, 5.41) is 30.2. The molecular formula is C26H40O4. The molecule has 6 atom stereocenters. The Bertz CT molecular complexity index is 731. The first-order valence-corrected chi connectivity index (χ1v) is 11.6. The molecule has 0 aliphatic heterocycles. The molecule has 0 saturated heterocycles. The van der Waals surface area contributed by atoms with Crippen LogP contribution in [-0.4, -0.2) is 46.3 Å². The van der Waals surface area contributed by atoms with E-state index in [2.05, 4.69) is 38.7 Å². The highest BCUT2D eigenvalue weighted by atomic mass is 16.5. The van der Waals surface area contributed by atoms with E-state index >= 15 is 0 Å². The Morgan fingerprint density at radius 3 is 2.70 bits per heavy atom. The van der Waals surface area contributed by atoms with E-state index in [4.69, 9.17) is 4.74 Å². The van der Waals surface area contributed by atoms with Gasteiger partial charge in [-0.15, -0.1) is 0 Å². The zero-order chi connectivity index (χ0) is 22.1. The van der Waals surface area contributed by atoms with E-state index in [1.807, 2.05) is 13.8 Å². The van der Waals surface area contributed by atoms with Gasteiger partial charge in [-0.2, -0.15) is 0 Å². The van der Waals surface area contributed by atoms with Crippen molar-refractivity contribution in [2.24, 2.45) is 17.3 Å². The average Bonchev–Trinajstić information content (AvgIpc) is 3.04. The highest BCUT2D eigenvalue weighted by molar-refractivity contribution is 5.40. The normalized spacial score (nSPS) is 36.9. The zero-order valence-electron chi connectivity index (χ0n) is 19.1. The van der Waals surface area contributed by atoms with Gasteiger partial charge in [0.25, 0.3) is 0 Å². The van der Waals surface area contributed by atoms with Crippen molar-refractivity contribution in [3.63, 3.8) is 0 Å². The maximum atomic E-state index is 10.1. The number of aliphatic hydroxyl groups excluding tert-OH is 3. The molecule has 3 N–H and O–H groups in total. The SMILES string of the molecule is C=C1/C(=C\C=C2/CCC[C@]3(C)C(C(C)OC[C@@H](O)C(C)C)=CC[C@@H]23)C[C@@H](O)C[C@@H]1O. The maximum absolute atomic E-state index is 10.1. The summed E-state index contributed by atoms with van der Waals surface area (Å²) in [5.41, 5.74) is 4.61. The van der Waals surface area contributed by atoms with Crippen LogP contribution in [0, 0.1) is 17.3 Å². The van der Waals surface area contributed by atoms with Gasteiger partial charge in [0.2, 0.25) is 0 Å². The number of hydrogen-bond acceptors (Lipinski definition) is 4. The van der Waals surface area contributed by atoms with Crippen molar-refractivity contribution < 1.29 is 20.1 Å². The molecule has 168 valence electrons. The molecule has 0 spiro atoms. The minimum absolute atomic E-state index is 0.00882. The van der Waals surface area contributed by atoms with Crippen molar-refractivity contribution in [1.82, 2.24) is 0 Å². The van der Waals surface area contributed by atoms with Crippen LogP contribution in [0.25, 0.3) is 0 Å². The first-order valence-electron chi connectivity index (χ1n) is 11.6. The summed E-state index contributed by atoms with van der Waals surface area (Å²) < 4.78 is 6.07. The summed E-state index contributed by atoms with van der Waals surface area (Å²) in [6.07, 6.45) is 10.4. The largest absolute Gasteiger partial charge is 0.393 e. The topological polar surface area (TPSA) is 69.9 Å². The minimum atomic E-state index is -0.644. The summed E-state index contributed by atoms with van der Waals surface area (Å²) in [5.74, 6) is 0.660. The smallest absolute Gasteiger partial charge is 0.0811 e. The lowest BCUT2D eigenvalue weighted by Crippen LogP contribution is -2.35. The van der Waals surface area contributed by atoms with E-state index in [0.717, 1.165) is 36.8 Å². The van der Waals surface area contributed by atoms with Gasteiger partial charge in [-0.3, -0.25) is 0 Å². The van der Waals surface area contributed by atoms with Crippen LogP contribution in [0.2, 0.25) is 0 Å². The molecule has 0 aromatic carbocycles. The van der Waals surface area contributed by atoms with Gasteiger partial charge in [0.1, 0.15) is 0 Å². The molecule has 1 unspecified atom stereocenters. The lowest BCUT2D eigenvalue weighted by molar-refractivity contribution is -0.0146. The fourth-order valence-corrected chi connectivity index (χ4v) is 5.47. The van der Waals surface area contributed by atoms with Gasteiger partial charge in [-0.05, 0) is 73.0 Å². The van der Waals surface area contributed by atoms with Gasteiger partial charge in [0, 0.05) is 6.42 Å². The Morgan fingerprint density at radius 1 is 1.27 bits per heavy atom. The molecule has 3 aliphatic carbocycles. The van der Waals surface area contributed by atoms with Crippen LogP contribution in [-0.2, 0) is 4.74 Å². The number of aliphatic hydroxyl groups is 3. The highest BCUT2D eigenvalue weighted by Crippen LogP contribution is 2.55. The molecule has 0 radical (unpaired) electrons. The summed E-state index contributed by atoms with van der Waals surface area (Å²) in [4.78, 5) is 0. The van der Waals surface area contributed by atoms with E-state index in [1.54, 1.807) is 0 Å². The fourth-order valence-electron chi connectivity index (χ4n) is 5.47. The second kappa shape index (κ2) is 9.52. The van der Waals surface area contributed by atoms with Gasteiger partial charge in [0.05, 0.1) is 31.0 Å². The van der Waals surface area contributed by atoms with Crippen molar-refractivity contribution in [2.45, 2.75) is 90.6 Å². The van der Waals surface area contributed by atoms with E-state index < -0.39 is 18.3 Å². The van der Waals surface area contributed by atoms with Crippen molar-refractivity contribution in [3.05, 3.63) is 47.1 Å². The molecule has 0 heterocycles.